The molecule has 0 radical (unpaired) electrons. The second kappa shape index (κ2) is 5.58. The molecule has 0 saturated heterocycles. The van der Waals surface area contributed by atoms with Crippen LogP contribution < -0.4 is 5.32 Å². The van der Waals surface area contributed by atoms with Gasteiger partial charge in [0.2, 0.25) is 0 Å². The molecule has 1 rings (SSSR count). The lowest BCUT2D eigenvalue weighted by Crippen LogP contribution is -2.27. The molecular formula is C11H14FNO3. The summed E-state index contributed by atoms with van der Waals surface area (Å²) in [7, 11) is 0. The molecule has 1 aromatic carbocycles. The van der Waals surface area contributed by atoms with Crippen molar-refractivity contribution in [1.82, 2.24) is 5.32 Å². The number of aliphatic carboxylic acids is 1. The van der Waals surface area contributed by atoms with Gasteiger partial charge in [0.25, 0.3) is 0 Å². The van der Waals surface area contributed by atoms with Crippen molar-refractivity contribution in [3.63, 3.8) is 0 Å². The largest absolute Gasteiger partial charge is 0.480 e. The van der Waals surface area contributed by atoms with Gasteiger partial charge in [-0.05, 0) is 24.1 Å². The van der Waals surface area contributed by atoms with Crippen LogP contribution in [-0.2, 0) is 4.79 Å². The third-order valence-corrected chi connectivity index (χ3v) is 2.18. The molecule has 5 heteroatoms. The van der Waals surface area contributed by atoms with Crippen LogP contribution in [0.25, 0.3) is 0 Å². The van der Waals surface area contributed by atoms with Crippen LogP contribution in [0.3, 0.4) is 0 Å². The second-order valence-electron chi connectivity index (χ2n) is 3.55. The summed E-state index contributed by atoms with van der Waals surface area (Å²) in [6.45, 7) is 1.52. The summed E-state index contributed by atoms with van der Waals surface area (Å²) in [5.74, 6) is -1.31. The van der Waals surface area contributed by atoms with E-state index in [4.69, 9.17) is 5.11 Å². The van der Waals surface area contributed by atoms with Crippen LogP contribution in [0.4, 0.5) is 4.39 Å². The highest BCUT2D eigenvalue weighted by atomic mass is 19.1. The molecule has 0 spiro atoms. The maximum absolute atomic E-state index is 12.9. The van der Waals surface area contributed by atoms with Crippen LogP contribution in [0.2, 0.25) is 0 Å². The maximum atomic E-state index is 12.9. The number of hydrogen-bond donors (Lipinski definition) is 3. The van der Waals surface area contributed by atoms with Gasteiger partial charge in [0.05, 0.1) is 12.6 Å². The van der Waals surface area contributed by atoms with E-state index in [0.717, 1.165) is 0 Å². The van der Waals surface area contributed by atoms with Gasteiger partial charge in [-0.3, -0.25) is 4.79 Å². The van der Waals surface area contributed by atoms with Gasteiger partial charge in [-0.15, -0.1) is 0 Å². The Kier molecular flexibility index (Phi) is 4.39. The molecule has 0 aliphatic rings. The van der Waals surface area contributed by atoms with E-state index in [0.29, 0.717) is 11.1 Å². The van der Waals surface area contributed by atoms with Crippen molar-refractivity contribution in [1.29, 1.82) is 0 Å². The van der Waals surface area contributed by atoms with Gasteiger partial charge < -0.3 is 15.5 Å². The number of rotatable bonds is 5. The molecular weight excluding hydrogens is 213 g/mol. The van der Waals surface area contributed by atoms with Crippen LogP contribution in [0, 0.1) is 12.7 Å². The summed E-state index contributed by atoms with van der Waals surface area (Å²) in [6.07, 6.45) is -0.835. The van der Waals surface area contributed by atoms with E-state index in [1.807, 2.05) is 0 Å². The average molecular weight is 227 g/mol. The minimum absolute atomic E-state index is 0.122. The molecule has 3 N–H and O–H groups in total. The van der Waals surface area contributed by atoms with E-state index in [1.165, 1.54) is 12.1 Å². The summed E-state index contributed by atoms with van der Waals surface area (Å²) in [5, 5.41) is 20.6. The number of carbonyl (C=O) groups is 1. The third kappa shape index (κ3) is 3.60. The number of carboxylic acids is 1. The van der Waals surface area contributed by atoms with Crippen molar-refractivity contribution in [3.8, 4) is 0 Å². The Morgan fingerprint density at radius 2 is 2.25 bits per heavy atom. The standard InChI is InChI=1S/C11H14FNO3/c1-7-4-8(2-3-9(7)12)10(14)5-13-6-11(15)16/h2-4,10,13-14H,5-6H2,1H3,(H,15,16). The summed E-state index contributed by atoms with van der Waals surface area (Å²) >= 11 is 0. The molecule has 0 aliphatic carbocycles. The Bertz CT molecular complexity index is 381. The highest BCUT2D eigenvalue weighted by molar-refractivity contribution is 5.68. The molecule has 0 bridgehead atoms. The number of aliphatic hydroxyl groups excluding tert-OH is 1. The zero-order chi connectivity index (χ0) is 12.1. The van der Waals surface area contributed by atoms with Crippen LogP contribution in [0.5, 0.6) is 0 Å². The number of nitrogens with one attached hydrogen (secondary N) is 1. The molecule has 0 amide bonds. The molecule has 0 aromatic heterocycles. The number of hydrogen-bond acceptors (Lipinski definition) is 3. The van der Waals surface area contributed by atoms with E-state index < -0.39 is 12.1 Å². The van der Waals surface area contributed by atoms with Crippen LogP contribution in [-0.4, -0.2) is 29.3 Å². The third-order valence-electron chi connectivity index (χ3n) is 2.18. The topological polar surface area (TPSA) is 69.6 Å². The fraction of sp³-hybridized carbons (Fsp3) is 0.364. The van der Waals surface area contributed by atoms with Gasteiger partial charge in [-0.2, -0.15) is 0 Å². The quantitative estimate of drug-likeness (QED) is 0.697. The first-order valence-electron chi connectivity index (χ1n) is 4.87. The first kappa shape index (κ1) is 12.6. The highest BCUT2D eigenvalue weighted by Gasteiger charge is 2.09. The first-order chi connectivity index (χ1) is 7.50. The summed E-state index contributed by atoms with van der Waals surface area (Å²) < 4.78 is 12.9. The molecule has 1 unspecified atom stereocenters. The van der Waals surface area contributed by atoms with E-state index in [2.05, 4.69) is 5.32 Å². The van der Waals surface area contributed by atoms with E-state index in [-0.39, 0.29) is 18.9 Å². The zero-order valence-corrected chi connectivity index (χ0v) is 8.90. The lowest BCUT2D eigenvalue weighted by molar-refractivity contribution is -0.136. The summed E-state index contributed by atoms with van der Waals surface area (Å²) in [5.41, 5.74) is 1.02. The van der Waals surface area contributed by atoms with Gasteiger partial charge >= 0.3 is 5.97 Å². The van der Waals surface area contributed by atoms with Crippen LogP contribution >= 0.6 is 0 Å². The molecule has 16 heavy (non-hydrogen) atoms. The summed E-state index contributed by atoms with van der Waals surface area (Å²) in [6, 6.07) is 4.31. The molecule has 4 nitrogen and oxygen atoms in total. The zero-order valence-electron chi connectivity index (χ0n) is 8.90. The molecule has 88 valence electrons. The van der Waals surface area contributed by atoms with E-state index in [1.54, 1.807) is 13.0 Å². The molecule has 0 aliphatic heterocycles. The van der Waals surface area contributed by atoms with Gasteiger partial charge in [0.1, 0.15) is 5.82 Å². The Labute approximate surface area is 92.7 Å². The SMILES string of the molecule is Cc1cc(C(O)CNCC(=O)O)ccc1F. The molecule has 0 fully saturated rings. The molecule has 1 aromatic rings. The maximum Gasteiger partial charge on any atom is 0.317 e. The second-order valence-corrected chi connectivity index (χ2v) is 3.55. The lowest BCUT2D eigenvalue weighted by Gasteiger charge is -2.12. The first-order valence-corrected chi connectivity index (χ1v) is 4.87. The number of aryl methyl sites for hydroxylation is 1. The minimum Gasteiger partial charge on any atom is -0.480 e. The van der Waals surface area contributed by atoms with Crippen molar-refractivity contribution in [2.75, 3.05) is 13.1 Å². The monoisotopic (exact) mass is 227 g/mol. The van der Waals surface area contributed by atoms with Gasteiger partial charge in [0, 0.05) is 6.54 Å². The van der Waals surface area contributed by atoms with Crippen molar-refractivity contribution >= 4 is 5.97 Å². The molecule has 0 saturated carbocycles. The van der Waals surface area contributed by atoms with Crippen LogP contribution in [0.1, 0.15) is 17.2 Å². The minimum atomic E-state index is -0.984. The van der Waals surface area contributed by atoms with Crippen molar-refractivity contribution < 1.29 is 19.4 Å². The fourth-order valence-electron chi connectivity index (χ4n) is 1.31. The Morgan fingerprint density at radius 3 is 2.81 bits per heavy atom. The van der Waals surface area contributed by atoms with Crippen LogP contribution in [0.15, 0.2) is 18.2 Å². The van der Waals surface area contributed by atoms with Gasteiger partial charge in [-0.1, -0.05) is 12.1 Å². The normalized spacial score (nSPS) is 12.4. The Morgan fingerprint density at radius 1 is 1.56 bits per heavy atom. The summed E-state index contributed by atoms with van der Waals surface area (Å²) in [4.78, 5) is 10.2. The fourth-order valence-corrected chi connectivity index (χ4v) is 1.31. The number of halogens is 1. The average Bonchev–Trinajstić information content (AvgIpc) is 2.21. The predicted octanol–water partition coefficient (Wildman–Crippen LogP) is 0.842. The number of carboxylic acid groups (broad SMARTS) is 1. The lowest BCUT2D eigenvalue weighted by atomic mass is 10.1. The number of benzene rings is 1. The van der Waals surface area contributed by atoms with Gasteiger partial charge in [0.15, 0.2) is 0 Å². The van der Waals surface area contributed by atoms with Gasteiger partial charge in [-0.25, -0.2) is 4.39 Å². The van der Waals surface area contributed by atoms with Crippen molar-refractivity contribution in [2.24, 2.45) is 0 Å². The Balaban J connectivity index is 2.55. The smallest absolute Gasteiger partial charge is 0.317 e. The number of aliphatic hydroxyl groups is 1. The predicted molar refractivity (Wildman–Crippen MR) is 56.6 cm³/mol. The molecule has 0 heterocycles. The van der Waals surface area contributed by atoms with Crippen molar-refractivity contribution in [3.05, 3.63) is 35.1 Å². The van der Waals surface area contributed by atoms with Crippen molar-refractivity contribution in [2.45, 2.75) is 13.0 Å². The van der Waals surface area contributed by atoms with E-state index in [9.17, 15) is 14.3 Å². The highest BCUT2D eigenvalue weighted by Crippen LogP contribution is 2.15. The van der Waals surface area contributed by atoms with E-state index >= 15 is 0 Å². The molecule has 1 atom stereocenters. The Hall–Kier alpha value is -1.46.